The molecule has 0 radical (unpaired) electrons. The van der Waals surface area contributed by atoms with Crippen molar-refractivity contribution in [1.29, 1.82) is 0 Å². The largest absolute Gasteiger partial charge is 0.490 e. The molecule has 0 heterocycles. The second-order valence-electron chi connectivity index (χ2n) is 12.2. The van der Waals surface area contributed by atoms with Crippen molar-refractivity contribution in [2.24, 2.45) is 0 Å². The molecule has 0 spiro atoms. The van der Waals surface area contributed by atoms with Crippen LogP contribution in [0.1, 0.15) is 91.9 Å². The summed E-state index contributed by atoms with van der Waals surface area (Å²) >= 11 is 0. The van der Waals surface area contributed by atoms with Gasteiger partial charge in [-0.25, -0.2) is 0 Å². The van der Waals surface area contributed by atoms with Gasteiger partial charge in [-0.3, -0.25) is 0 Å². The van der Waals surface area contributed by atoms with E-state index in [4.69, 9.17) is 18.9 Å². The van der Waals surface area contributed by atoms with E-state index in [2.05, 4.69) is 38.3 Å². The van der Waals surface area contributed by atoms with E-state index < -0.39 is 12.2 Å². The predicted molar refractivity (Wildman–Crippen MR) is 179 cm³/mol. The van der Waals surface area contributed by atoms with Gasteiger partial charge in [-0.2, -0.15) is 0 Å². The van der Waals surface area contributed by atoms with E-state index in [1.807, 2.05) is 48.5 Å². The van der Waals surface area contributed by atoms with E-state index in [-0.39, 0.29) is 13.2 Å². The summed E-state index contributed by atoms with van der Waals surface area (Å²) in [6.07, 6.45) is 10.8. The van der Waals surface area contributed by atoms with Crippen LogP contribution in [0.4, 0.5) is 0 Å². The van der Waals surface area contributed by atoms with Crippen molar-refractivity contribution in [1.82, 2.24) is 10.6 Å². The van der Waals surface area contributed by atoms with Crippen molar-refractivity contribution in [3.8, 4) is 23.0 Å². The summed E-state index contributed by atoms with van der Waals surface area (Å²) in [6.45, 7) is 11.1. The van der Waals surface area contributed by atoms with Gasteiger partial charge in [0.1, 0.15) is 25.4 Å². The van der Waals surface area contributed by atoms with Crippen molar-refractivity contribution in [2.75, 3.05) is 39.5 Å². The lowest BCUT2D eigenvalue weighted by Gasteiger charge is -2.17. The number of rotatable bonds is 27. The molecule has 2 aromatic carbocycles. The Morgan fingerprint density at radius 2 is 0.773 bits per heavy atom. The van der Waals surface area contributed by atoms with Gasteiger partial charge in [-0.15, -0.1) is 0 Å². The van der Waals surface area contributed by atoms with Gasteiger partial charge in [0.15, 0.2) is 23.0 Å². The van der Waals surface area contributed by atoms with Gasteiger partial charge in [-0.05, 0) is 37.1 Å². The standard InChI is InChI=1S/C36H60N2O6/c1-29(2)37-25-31(39)27-43-35-21-15-13-19-33(35)41-23-17-11-9-7-5-6-8-10-12-18-24-42-34-20-14-16-22-36(34)44-28-32(40)26-38-30(3)4/h13-16,19-22,29-32,37-40H,5-12,17-18,23-28H2,1-4H3/t31-,32+. The zero-order chi connectivity index (χ0) is 31.8. The molecule has 0 aliphatic carbocycles. The van der Waals surface area contributed by atoms with Crippen molar-refractivity contribution in [2.45, 2.75) is 116 Å². The van der Waals surface area contributed by atoms with Crippen molar-refractivity contribution in [3.63, 3.8) is 0 Å². The van der Waals surface area contributed by atoms with Crippen molar-refractivity contribution >= 4 is 0 Å². The first kappa shape index (κ1) is 37.7. The summed E-state index contributed by atoms with van der Waals surface area (Å²) in [6, 6.07) is 16.0. The van der Waals surface area contributed by atoms with Crippen LogP contribution in [0.2, 0.25) is 0 Å². The molecule has 0 aromatic heterocycles. The second kappa shape index (κ2) is 23.8. The van der Waals surface area contributed by atoms with Crippen LogP contribution in [0.3, 0.4) is 0 Å². The normalized spacial score (nSPS) is 12.8. The molecule has 0 unspecified atom stereocenters. The van der Waals surface area contributed by atoms with Gasteiger partial charge in [-0.1, -0.05) is 103 Å². The van der Waals surface area contributed by atoms with Gasteiger partial charge >= 0.3 is 0 Å². The first-order valence-electron chi connectivity index (χ1n) is 16.9. The van der Waals surface area contributed by atoms with Crippen LogP contribution >= 0.6 is 0 Å². The number of nitrogens with one attached hydrogen (secondary N) is 2. The van der Waals surface area contributed by atoms with E-state index in [0.717, 1.165) is 24.3 Å². The van der Waals surface area contributed by atoms with Crippen LogP contribution < -0.4 is 29.6 Å². The Hall–Kier alpha value is -2.52. The molecule has 0 aliphatic heterocycles. The number of hydrogen-bond donors (Lipinski definition) is 4. The first-order valence-corrected chi connectivity index (χ1v) is 16.9. The predicted octanol–water partition coefficient (Wildman–Crippen LogP) is 6.52. The molecule has 250 valence electrons. The van der Waals surface area contributed by atoms with E-state index in [1.165, 1.54) is 51.4 Å². The highest BCUT2D eigenvalue weighted by atomic mass is 16.5. The number of aliphatic hydroxyl groups is 2. The summed E-state index contributed by atoms with van der Waals surface area (Å²) in [7, 11) is 0. The average Bonchev–Trinajstić information content (AvgIpc) is 3.01. The summed E-state index contributed by atoms with van der Waals surface area (Å²) in [5, 5.41) is 26.6. The summed E-state index contributed by atoms with van der Waals surface area (Å²) < 4.78 is 23.6. The molecule has 44 heavy (non-hydrogen) atoms. The summed E-state index contributed by atoms with van der Waals surface area (Å²) in [5.74, 6) is 2.85. The van der Waals surface area contributed by atoms with Crippen molar-refractivity contribution < 1.29 is 29.2 Å². The van der Waals surface area contributed by atoms with Crippen LogP contribution in [-0.4, -0.2) is 74.0 Å². The average molecular weight is 617 g/mol. The Balaban J connectivity index is 1.45. The maximum absolute atomic E-state index is 10.1. The molecule has 8 heteroatoms. The van der Waals surface area contributed by atoms with Crippen LogP contribution in [0.15, 0.2) is 48.5 Å². The van der Waals surface area contributed by atoms with E-state index >= 15 is 0 Å². The molecular weight excluding hydrogens is 556 g/mol. The number of benzene rings is 2. The fraction of sp³-hybridized carbons (Fsp3) is 0.667. The fourth-order valence-electron chi connectivity index (χ4n) is 4.59. The number of unbranched alkanes of at least 4 members (excludes halogenated alkanes) is 9. The zero-order valence-corrected chi connectivity index (χ0v) is 27.8. The Morgan fingerprint density at radius 1 is 0.477 bits per heavy atom. The molecule has 2 atom stereocenters. The molecule has 0 amide bonds. The third-order valence-electron chi connectivity index (χ3n) is 7.14. The monoisotopic (exact) mass is 616 g/mol. The molecule has 2 aromatic rings. The first-order chi connectivity index (χ1) is 21.3. The van der Waals surface area contributed by atoms with Gasteiger partial charge < -0.3 is 39.8 Å². The summed E-state index contributed by atoms with van der Waals surface area (Å²) in [5.41, 5.74) is 0. The zero-order valence-electron chi connectivity index (χ0n) is 27.8. The van der Waals surface area contributed by atoms with E-state index in [1.54, 1.807) is 0 Å². The number of ether oxygens (including phenoxy) is 4. The smallest absolute Gasteiger partial charge is 0.161 e. The number of aliphatic hydroxyl groups excluding tert-OH is 2. The molecule has 0 saturated heterocycles. The lowest BCUT2D eigenvalue weighted by atomic mass is 10.1. The minimum Gasteiger partial charge on any atom is -0.490 e. The minimum absolute atomic E-state index is 0.238. The Bertz CT molecular complexity index is 896. The third kappa shape index (κ3) is 18.3. The van der Waals surface area contributed by atoms with Gasteiger partial charge in [0.2, 0.25) is 0 Å². The highest BCUT2D eigenvalue weighted by Crippen LogP contribution is 2.28. The second-order valence-corrected chi connectivity index (χ2v) is 12.2. The lowest BCUT2D eigenvalue weighted by molar-refractivity contribution is 0.102. The molecular formula is C36H60N2O6. The number of hydrogen-bond acceptors (Lipinski definition) is 8. The van der Waals surface area contributed by atoms with Gasteiger partial charge in [0.05, 0.1) is 13.2 Å². The SMILES string of the molecule is CC(C)NC[C@@H](O)COc1ccccc1OCCCCCCCCCCCCOc1ccccc1OC[C@@H](O)CNC(C)C. The third-order valence-corrected chi connectivity index (χ3v) is 7.14. The van der Waals surface area contributed by atoms with Crippen LogP contribution in [0.5, 0.6) is 23.0 Å². The maximum Gasteiger partial charge on any atom is 0.161 e. The Kier molecular flexibility index (Phi) is 20.4. The lowest BCUT2D eigenvalue weighted by Crippen LogP contribution is -2.35. The van der Waals surface area contributed by atoms with Gasteiger partial charge in [0, 0.05) is 25.2 Å². The van der Waals surface area contributed by atoms with Crippen molar-refractivity contribution in [3.05, 3.63) is 48.5 Å². The highest BCUT2D eigenvalue weighted by Gasteiger charge is 2.11. The fourth-order valence-corrected chi connectivity index (χ4v) is 4.59. The molecule has 0 saturated carbocycles. The molecule has 2 rings (SSSR count). The molecule has 8 nitrogen and oxygen atoms in total. The van der Waals surface area contributed by atoms with Crippen LogP contribution in [0.25, 0.3) is 0 Å². The molecule has 0 fully saturated rings. The quantitative estimate of drug-likeness (QED) is 0.0842. The molecule has 4 N–H and O–H groups in total. The Morgan fingerprint density at radius 3 is 1.09 bits per heavy atom. The van der Waals surface area contributed by atoms with E-state index in [0.29, 0.717) is 49.9 Å². The highest BCUT2D eigenvalue weighted by molar-refractivity contribution is 5.40. The molecule has 0 bridgehead atoms. The van der Waals surface area contributed by atoms with Gasteiger partial charge in [0.25, 0.3) is 0 Å². The number of para-hydroxylation sites is 4. The minimum atomic E-state index is -0.558. The topological polar surface area (TPSA) is 101 Å². The Labute approximate surface area is 266 Å². The van der Waals surface area contributed by atoms with Crippen LogP contribution in [-0.2, 0) is 0 Å². The maximum atomic E-state index is 10.1. The van der Waals surface area contributed by atoms with Crippen LogP contribution in [0, 0.1) is 0 Å². The van der Waals surface area contributed by atoms with E-state index in [9.17, 15) is 10.2 Å². The summed E-state index contributed by atoms with van der Waals surface area (Å²) in [4.78, 5) is 0. The molecule has 0 aliphatic rings.